The van der Waals surface area contributed by atoms with E-state index in [4.69, 9.17) is 10.8 Å². The average molecular weight is 245 g/mol. The molecule has 7 heteroatoms. The van der Waals surface area contributed by atoms with Crippen molar-refractivity contribution in [3.8, 4) is 0 Å². The third-order valence-corrected chi connectivity index (χ3v) is 2.02. The Balaban J connectivity index is 4.68. The minimum absolute atomic E-state index is 0.0128. The first-order valence-corrected chi connectivity index (χ1v) is 5.20. The number of carbonyl (C=O) groups is 3. The number of rotatable bonds is 4. The van der Waals surface area contributed by atoms with E-state index in [1.54, 1.807) is 13.8 Å². The Bertz CT molecular complexity index is 315. The topological polar surface area (TPSA) is 113 Å². The number of hydrogen-bond acceptors (Lipinski definition) is 5. The maximum atomic E-state index is 11.6. The molecule has 0 spiro atoms. The summed E-state index contributed by atoms with van der Waals surface area (Å²) in [6, 6.07) is 0. The smallest absolute Gasteiger partial charge is 0.318 e. The van der Waals surface area contributed by atoms with Crippen molar-refractivity contribution in [2.75, 3.05) is 19.7 Å². The first-order valence-electron chi connectivity index (χ1n) is 5.20. The Morgan fingerprint density at radius 1 is 1.35 bits per heavy atom. The average Bonchev–Trinajstić information content (AvgIpc) is 2.24. The SMILES string of the molecule is CC(=O)N(CCN)C(=O)C(=O)NC(C)(C)CO. The van der Waals surface area contributed by atoms with Gasteiger partial charge in [-0.2, -0.15) is 0 Å². The third kappa shape index (κ3) is 4.92. The van der Waals surface area contributed by atoms with Gasteiger partial charge >= 0.3 is 11.8 Å². The summed E-state index contributed by atoms with van der Waals surface area (Å²) < 4.78 is 0. The summed E-state index contributed by atoms with van der Waals surface area (Å²) in [5.74, 6) is -2.45. The fourth-order valence-corrected chi connectivity index (χ4v) is 1.05. The van der Waals surface area contributed by atoms with E-state index in [0.717, 1.165) is 4.90 Å². The zero-order chi connectivity index (χ0) is 13.6. The van der Waals surface area contributed by atoms with Crippen molar-refractivity contribution in [3.63, 3.8) is 0 Å². The van der Waals surface area contributed by atoms with Crippen LogP contribution in [0.25, 0.3) is 0 Å². The molecule has 0 unspecified atom stereocenters. The minimum Gasteiger partial charge on any atom is -0.394 e. The first-order chi connectivity index (χ1) is 7.75. The van der Waals surface area contributed by atoms with Crippen molar-refractivity contribution >= 4 is 17.7 Å². The second kappa shape index (κ2) is 6.31. The van der Waals surface area contributed by atoms with Crippen LogP contribution in [0.3, 0.4) is 0 Å². The normalized spacial score (nSPS) is 10.9. The van der Waals surface area contributed by atoms with Gasteiger partial charge in [-0.05, 0) is 13.8 Å². The number of aliphatic hydroxyl groups is 1. The molecule has 0 aliphatic rings. The molecule has 7 nitrogen and oxygen atoms in total. The summed E-state index contributed by atoms with van der Waals surface area (Å²) in [5, 5.41) is 11.3. The maximum absolute atomic E-state index is 11.6. The van der Waals surface area contributed by atoms with Crippen molar-refractivity contribution in [3.05, 3.63) is 0 Å². The number of imide groups is 1. The lowest BCUT2D eigenvalue weighted by Gasteiger charge is -2.25. The molecule has 98 valence electrons. The molecule has 0 radical (unpaired) electrons. The highest BCUT2D eigenvalue weighted by molar-refractivity contribution is 6.37. The number of nitrogens with zero attached hydrogens (tertiary/aromatic N) is 1. The van der Waals surface area contributed by atoms with Crippen LogP contribution in [-0.4, -0.2) is 53.0 Å². The predicted octanol–water partition coefficient (Wildman–Crippen LogP) is -1.79. The van der Waals surface area contributed by atoms with Gasteiger partial charge in [0.05, 0.1) is 12.1 Å². The Labute approximate surface area is 100.0 Å². The molecule has 0 atom stereocenters. The van der Waals surface area contributed by atoms with Gasteiger partial charge in [-0.3, -0.25) is 19.3 Å². The van der Waals surface area contributed by atoms with Crippen LogP contribution >= 0.6 is 0 Å². The molecule has 4 N–H and O–H groups in total. The van der Waals surface area contributed by atoms with Crippen LogP contribution in [0.15, 0.2) is 0 Å². The van der Waals surface area contributed by atoms with Crippen molar-refractivity contribution in [1.82, 2.24) is 10.2 Å². The molecule has 0 saturated carbocycles. The van der Waals surface area contributed by atoms with Crippen LogP contribution in [0.4, 0.5) is 0 Å². The van der Waals surface area contributed by atoms with Crippen LogP contribution < -0.4 is 11.1 Å². The van der Waals surface area contributed by atoms with Crippen LogP contribution in [-0.2, 0) is 14.4 Å². The molecule has 17 heavy (non-hydrogen) atoms. The van der Waals surface area contributed by atoms with E-state index >= 15 is 0 Å². The fraction of sp³-hybridized carbons (Fsp3) is 0.700. The Hall–Kier alpha value is -1.47. The summed E-state index contributed by atoms with van der Waals surface area (Å²) in [6.07, 6.45) is 0. The summed E-state index contributed by atoms with van der Waals surface area (Å²) in [4.78, 5) is 35.1. The number of aliphatic hydroxyl groups excluding tert-OH is 1. The van der Waals surface area contributed by atoms with Gasteiger partial charge in [0.2, 0.25) is 5.91 Å². The van der Waals surface area contributed by atoms with Crippen LogP contribution in [0.5, 0.6) is 0 Å². The van der Waals surface area contributed by atoms with E-state index in [0.29, 0.717) is 0 Å². The second-order valence-electron chi connectivity index (χ2n) is 4.26. The number of nitrogens with two attached hydrogens (primary N) is 1. The monoisotopic (exact) mass is 245 g/mol. The summed E-state index contributed by atoms with van der Waals surface area (Å²) in [6.45, 7) is 4.04. The first kappa shape index (κ1) is 15.5. The summed E-state index contributed by atoms with van der Waals surface area (Å²) >= 11 is 0. The highest BCUT2D eigenvalue weighted by Gasteiger charge is 2.28. The largest absolute Gasteiger partial charge is 0.394 e. The van der Waals surface area contributed by atoms with Gasteiger partial charge in [0.25, 0.3) is 0 Å². The van der Waals surface area contributed by atoms with E-state index in [2.05, 4.69) is 5.32 Å². The lowest BCUT2D eigenvalue weighted by molar-refractivity contribution is -0.152. The molecular weight excluding hydrogens is 226 g/mol. The van der Waals surface area contributed by atoms with E-state index in [1.807, 2.05) is 0 Å². The molecule has 0 rings (SSSR count). The number of nitrogens with one attached hydrogen (secondary N) is 1. The fourth-order valence-electron chi connectivity index (χ4n) is 1.05. The summed E-state index contributed by atoms with van der Waals surface area (Å²) in [7, 11) is 0. The Morgan fingerprint density at radius 3 is 2.24 bits per heavy atom. The molecule has 0 aliphatic carbocycles. The maximum Gasteiger partial charge on any atom is 0.318 e. The highest BCUT2D eigenvalue weighted by atomic mass is 16.3. The standard InChI is InChI=1S/C10H19N3O4/c1-7(15)13(5-4-11)9(17)8(16)12-10(2,3)6-14/h14H,4-6,11H2,1-3H3,(H,12,16). The Kier molecular flexibility index (Phi) is 5.77. The lowest BCUT2D eigenvalue weighted by Crippen LogP contribution is -2.54. The quantitative estimate of drug-likeness (QED) is 0.506. The predicted molar refractivity (Wildman–Crippen MR) is 60.8 cm³/mol. The van der Waals surface area contributed by atoms with Crippen LogP contribution in [0.1, 0.15) is 20.8 Å². The van der Waals surface area contributed by atoms with Crippen molar-refractivity contribution < 1.29 is 19.5 Å². The minimum atomic E-state index is -0.968. The number of carbonyl (C=O) groups excluding carboxylic acids is 3. The Morgan fingerprint density at radius 2 is 1.88 bits per heavy atom. The van der Waals surface area contributed by atoms with Gasteiger partial charge in [-0.15, -0.1) is 0 Å². The molecule has 0 saturated heterocycles. The number of hydrogen-bond donors (Lipinski definition) is 3. The van der Waals surface area contributed by atoms with Gasteiger partial charge in [0.15, 0.2) is 0 Å². The lowest BCUT2D eigenvalue weighted by atomic mass is 10.1. The molecular formula is C10H19N3O4. The van der Waals surface area contributed by atoms with Crippen LogP contribution in [0.2, 0.25) is 0 Å². The van der Waals surface area contributed by atoms with Gasteiger partial charge in [-0.25, -0.2) is 0 Å². The van der Waals surface area contributed by atoms with Gasteiger partial charge in [0, 0.05) is 20.0 Å². The van der Waals surface area contributed by atoms with E-state index in [9.17, 15) is 14.4 Å². The second-order valence-corrected chi connectivity index (χ2v) is 4.26. The van der Waals surface area contributed by atoms with E-state index in [1.165, 1.54) is 6.92 Å². The highest BCUT2D eigenvalue weighted by Crippen LogP contribution is 2.00. The molecule has 0 bridgehead atoms. The van der Waals surface area contributed by atoms with E-state index < -0.39 is 23.3 Å². The van der Waals surface area contributed by atoms with Crippen molar-refractivity contribution in [2.24, 2.45) is 5.73 Å². The van der Waals surface area contributed by atoms with Crippen molar-refractivity contribution in [1.29, 1.82) is 0 Å². The molecule has 0 aromatic heterocycles. The zero-order valence-electron chi connectivity index (χ0n) is 10.3. The zero-order valence-corrected chi connectivity index (χ0v) is 10.3. The van der Waals surface area contributed by atoms with Gasteiger partial charge in [0.1, 0.15) is 0 Å². The molecule has 0 aromatic carbocycles. The molecule has 0 aromatic rings. The van der Waals surface area contributed by atoms with Crippen molar-refractivity contribution in [2.45, 2.75) is 26.3 Å². The molecule has 3 amide bonds. The van der Waals surface area contributed by atoms with Crippen LogP contribution in [0, 0.1) is 0 Å². The molecule has 0 aliphatic heterocycles. The van der Waals surface area contributed by atoms with Gasteiger partial charge < -0.3 is 16.2 Å². The molecule has 0 heterocycles. The number of amides is 3. The van der Waals surface area contributed by atoms with E-state index in [-0.39, 0.29) is 19.7 Å². The summed E-state index contributed by atoms with van der Waals surface area (Å²) in [5.41, 5.74) is 4.32. The third-order valence-electron chi connectivity index (χ3n) is 2.02. The molecule has 0 fully saturated rings. The van der Waals surface area contributed by atoms with Gasteiger partial charge in [-0.1, -0.05) is 0 Å².